The molecule has 0 aromatic heterocycles. The quantitative estimate of drug-likeness (QED) is 0.915. The summed E-state index contributed by atoms with van der Waals surface area (Å²) in [6, 6.07) is 7.88. The molecule has 114 valence electrons. The number of carbonyl (C=O) groups excluding carboxylic acids is 1. The molecule has 5 heteroatoms. The van der Waals surface area contributed by atoms with Gasteiger partial charge in [0, 0.05) is 19.1 Å². The minimum absolute atomic E-state index is 0.0344. The van der Waals surface area contributed by atoms with E-state index in [1.165, 1.54) is 0 Å². The summed E-state index contributed by atoms with van der Waals surface area (Å²) in [6.45, 7) is 4.88. The Balaban J connectivity index is 1.63. The number of hydrogen-bond donors (Lipinski definition) is 1. The van der Waals surface area contributed by atoms with Crippen molar-refractivity contribution in [1.82, 2.24) is 10.2 Å². The van der Waals surface area contributed by atoms with E-state index in [-0.39, 0.29) is 12.5 Å². The van der Waals surface area contributed by atoms with Gasteiger partial charge in [-0.3, -0.25) is 4.79 Å². The number of nitrogens with one attached hydrogen (secondary N) is 1. The van der Waals surface area contributed by atoms with Crippen LogP contribution >= 0.6 is 0 Å². The lowest BCUT2D eigenvalue weighted by atomic mass is 10.0. The van der Waals surface area contributed by atoms with Gasteiger partial charge in [0.15, 0.2) is 11.5 Å². The number of amides is 1. The Morgan fingerprint density at radius 2 is 2.19 bits per heavy atom. The van der Waals surface area contributed by atoms with Crippen LogP contribution in [0.4, 0.5) is 0 Å². The second-order valence-electron chi connectivity index (χ2n) is 5.55. The molecule has 2 atom stereocenters. The van der Waals surface area contributed by atoms with Gasteiger partial charge in [0.25, 0.3) is 5.91 Å². The first kappa shape index (κ1) is 14.2. The highest BCUT2D eigenvalue weighted by Crippen LogP contribution is 2.31. The second-order valence-corrected chi connectivity index (χ2v) is 5.55. The third-order valence-corrected chi connectivity index (χ3v) is 4.01. The molecule has 0 bridgehead atoms. The van der Waals surface area contributed by atoms with Gasteiger partial charge >= 0.3 is 0 Å². The lowest BCUT2D eigenvalue weighted by Gasteiger charge is -2.36. The van der Waals surface area contributed by atoms with Crippen LogP contribution in [0.3, 0.4) is 0 Å². The Morgan fingerprint density at radius 1 is 1.38 bits per heavy atom. The van der Waals surface area contributed by atoms with Crippen LogP contribution in [0.15, 0.2) is 24.3 Å². The number of benzene rings is 1. The molecule has 0 saturated carbocycles. The molecular weight excluding hydrogens is 268 g/mol. The monoisotopic (exact) mass is 290 g/mol. The van der Waals surface area contributed by atoms with E-state index in [1.54, 1.807) is 0 Å². The maximum atomic E-state index is 12.6. The number of ether oxygens (including phenoxy) is 2. The molecule has 1 fully saturated rings. The average molecular weight is 290 g/mol. The molecule has 5 nitrogen and oxygen atoms in total. The summed E-state index contributed by atoms with van der Waals surface area (Å²) in [7, 11) is 0. The summed E-state index contributed by atoms with van der Waals surface area (Å²) < 4.78 is 11.4. The van der Waals surface area contributed by atoms with Crippen molar-refractivity contribution in [3.63, 3.8) is 0 Å². The third kappa shape index (κ3) is 3.13. The fourth-order valence-electron chi connectivity index (χ4n) is 2.98. The first-order valence-electron chi connectivity index (χ1n) is 7.68. The van der Waals surface area contributed by atoms with Crippen molar-refractivity contribution in [1.29, 1.82) is 0 Å². The van der Waals surface area contributed by atoms with Gasteiger partial charge in [0.1, 0.15) is 6.61 Å². The third-order valence-electron chi connectivity index (χ3n) is 4.01. The number of hydrogen-bond acceptors (Lipinski definition) is 4. The van der Waals surface area contributed by atoms with E-state index < -0.39 is 6.10 Å². The largest absolute Gasteiger partial charge is 0.485 e. The molecule has 1 aromatic carbocycles. The molecule has 2 unspecified atom stereocenters. The maximum Gasteiger partial charge on any atom is 0.267 e. The van der Waals surface area contributed by atoms with E-state index in [0.717, 1.165) is 32.5 Å². The van der Waals surface area contributed by atoms with Gasteiger partial charge in [-0.05, 0) is 31.5 Å². The average Bonchev–Trinajstić information content (AvgIpc) is 2.54. The number of carbonyl (C=O) groups is 1. The van der Waals surface area contributed by atoms with Gasteiger partial charge in [-0.2, -0.15) is 0 Å². The SMILES string of the molecule is CCNC1CCCN(C(=O)C2COc3ccccc3O2)C1. The van der Waals surface area contributed by atoms with Crippen molar-refractivity contribution >= 4 is 5.91 Å². The highest BCUT2D eigenvalue weighted by molar-refractivity contribution is 5.82. The van der Waals surface area contributed by atoms with E-state index in [0.29, 0.717) is 17.5 Å². The predicted molar refractivity (Wildman–Crippen MR) is 79.6 cm³/mol. The molecule has 1 aromatic rings. The van der Waals surface area contributed by atoms with Gasteiger partial charge in [-0.25, -0.2) is 0 Å². The van der Waals surface area contributed by atoms with Gasteiger partial charge in [-0.1, -0.05) is 19.1 Å². The fraction of sp³-hybridized carbons (Fsp3) is 0.562. The molecule has 2 heterocycles. The summed E-state index contributed by atoms with van der Waals surface area (Å²) >= 11 is 0. The van der Waals surface area contributed by atoms with Crippen LogP contribution in [0.5, 0.6) is 11.5 Å². The number of likely N-dealkylation sites (tertiary alicyclic amines) is 1. The van der Waals surface area contributed by atoms with Crippen LogP contribution in [0, 0.1) is 0 Å². The molecule has 1 N–H and O–H groups in total. The molecule has 21 heavy (non-hydrogen) atoms. The van der Waals surface area contributed by atoms with Crippen molar-refractivity contribution < 1.29 is 14.3 Å². The predicted octanol–water partition coefficient (Wildman–Crippen LogP) is 1.43. The van der Waals surface area contributed by atoms with Crippen molar-refractivity contribution in [2.24, 2.45) is 0 Å². The number of para-hydroxylation sites is 2. The van der Waals surface area contributed by atoms with Crippen LogP contribution in [-0.2, 0) is 4.79 Å². The molecular formula is C16H22N2O3. The lowest BCUT2D eigenvalue weighted by molar-refractivity contribution is -0.142. The molecule has 0 spiro atoms. The van der Waals surface area contributed by atoms with Crippen LogP contribution in [-0.4, -0.2) is 49.2 Å². The summed E-state index contributed by atoms with van der Waals surface area (Å²) in [6.07, 6.45) is 1.64. The maximum absolute atomic E-state index is 12.6. The van der Waals surface area contributed by atoms with Crippen molar-refractivity contribution in [2.75, 3.05) is 26.2 Å². The number of nitrogens with zero attached hydrogens (tertiary/aromatic N) is 1. The van der Waals surface area contributed by atoms with E-state index in [4.69, 9.17) is 9.47 Å². The van der Waals surface area contributed by atoms with Crippen molar-refractivity contribution in [2.45, 2.75) is 31.9 Å². The fourth-order valence-corrected chi connectivity index (χ4v) is 2.98. The van der Waals surface area contributed by atoms with Crippen LogP contribution in [0.1, 0.15) is 19.8 Å². The molecule has 3 rings (SSSR count). The molecule has 2 aliphatic rings. The minimum Gasteiger partial charge on any atom is -0.485 e. The Morgan fingerprint density at radius 3 is 3.00 bits per heavy atom. The zero-order valence-corrected chi connectivity index (χ0v) is 12.4. The van der Waals surface area contributed by atoms with E-state index in [1.807, 2.05) is 29.2 Å². The standard InChI is InChI=1S/C16H22N2O3/c1-2-17-12-6-5-9-18(10-12)16(19)15-11-20-13-7-3-4-8-14(13)21-15/h3-4,7-8,12,15,17H,2,5-6,9-11H2,1H3. The highest BCUT2D eigenvalue weighted by Gasteiger charge is 2.33. The van der Waals surface area contributed by atoms with E-state index in [9.17, 15) is 4.79 Å². The summed E-state index contributed by atoms with van der Waals surface area (Å²) in [5, 5.41) is 3.42. The Labute approximate surface area is 125 Å². The molecule has 0 radical (unpaired) electrons. The van der Waals surface area contributed by atoms with E-state index >= 15 is 0 Å². The Bertz CT molecular complexity index is 504. The van der Waals surface area contributed by atoms with Crippen LogP contribution in [0.25, 0.3) is 0 Å². The Hall–Kier alpha value is -1.75. The van der Waals surface area contributed by atoms with Gasteiger partial charge in [0.2, 0.25) is 6.10 Å². The molecule has 1 amide bonds. The van der Waals surface area contributed by atoms with Crippen LogP contribution < -0.4 is 14.8 Å². The molecule has 2 aliphatic heterocycles. The number of likely N-dealkylation sites (N-methyl/N-ethyl adjacent to an activating group) is 1. The van der Waals surface area contributed by atoms with E-state index in [2.05, 4.69) is 12.2 Å². The van der Waals surface area contributed by atoms with Crippen molar-refractivity contribution in [3.05, 3.63) is 24.3 Å². The number of rotatable bonds is 3. The zero-order chi connectivity index (χ0) is 14.7. The number of piperidine rings is 1. The van der Waals surface area contributed by atoms with Crippen molar-refractivity contribution in [3.8, 4) is 11.5 Å². The van der Waals surface area contributed by atoms with Crippen LogP contribution in [0.2, 0.25) is 0 Å². The summed E-state index contributed by atoms with van der Waals surface area (Å²) in [5.74, 6) is 1.40. The smallest absolute Gasteiger partial charge is 0.267 e. The van der Waals surface area contributed by atoms with Gasteiger partial charge < -0.3 is 19.7 Å². The molecule has 0 aliphatic carbocycles. The van der Waals surface area contributed by atoms with Gasteiger partial charge in [0.05, 0.1) is 0 Å². The normalized spacial score (nSPS) is 24.7. The minimum atomic E-state index is -0.528. The summed E-state index contributed by atoms with van der Waals surface area (Å²) in [4.78, 5) is 14.5. The molecule has 1 saturated heterocycles. The first-order valence-corrected chi connectivity index (χ1v) is 7.68. The Kier molecular flexibility index (Phi) is 4.29. The zero-order valence-electron chi connectivity index (χ0n) is 12.4. The number of fused-ring (bicyclic) bond motifs is 1. The lowest BCUT2D eigenvalue weighted by Crippen LogP contribution is -2.53. The highest BCUT2D eigenvalue weighted by atomic mass is 16.6. The van der Waals surface area contributed by atoms with Gasteiger partial charge in [-0.15, -0.1) is 0 Å². The summed E-state index contributed by atoms with van der Waals surface area (Å²) in [5.41, 5.74) is 0. The topological polar surface area (TPSA) is 50.8 Å². The first-order chi connectivity index (χ1) is 10.3. The second kappa shape index (κ2) is 6.35.